The Morgan fingerprint density at radius 2 is 1.64 bits per heavy atom. The Hall–Kier alpha value is -0.560. The first-order valence-electron chi connectivity index (χ1n) is 5.40. The normalized spacial score (nSPS) is 10.1. The molecule has 0 saturated heterocycles. The van der Waals surface area contributed by atoms with Gasteiger partial charge in [0, 0.05) is 1.43 Å². The molecule has 0 bridgehead atoms. The van der Waals surface area contributed by atoms with E-state index in [-0.39, 0.29) is 1.43 Å². The minimum atomic E-state index is 0. The summed E-state index contributed by atoms with van der Waals surface area (Å²) in [4.78, 5) is 0. The zero-order valence-electron chi connectivity index (χ0n) is 10.8. The molecule has 0 rings (SSSR count). The molecule has 0 spiro atoms. The third-order valence-electron chi connectivity index (χ3n) is 1.88. The molecule has 0 saturated carbocycles. The highest BCUT2D eigenvalue weighted by Crippen LogP contribution is 2.16. The van der Waals surface area contributed by atoms with Crippen LogP contribution in [0, 0.1) is 5.92 Å². The van der Waals surface area contributed by atoms with Crippen LogP contribution in [0.1, 0.15) is 41.5 Å². The molecule has 0 radical (unpaired) electrons. The maximum absolute atomic E-state index is 4.02. The Morgan fingerprint density at radius 3 is 1.86 bits per heavy atom. The number of nitrogens with one attached hydrogen (secondary N) is 1. The predicted molar refractivity (Wildman–Crippen MR) is 71.9 cm³/mol. The molecular weight excluding hydrogens is 170 g/mol. The van der Waals surface area contributed by atoms with Crippen molar-refractivity contribution in [2.45, 2.75) is 40.0 Å². The summed E-state index contributed by atoms with van der Waals surface area (Å²) in [5.41, 5.74) is 1.42. The second-order valence-corrected chi connectivity index (χ2v) is 3.22. The van der Waals surface area contributed by atoms with Gasteiger partial charge in [0.15, 0.2) is 0 Å². The fraction of sp³-hybridized carbons (Fsp3) is 0.692. The highest BCUT2D eigenvalue weighted by Gasteiger charge is 2.00. The lowest BCUT2D eigenvalue weighted by Crippen LogP contribution is -1.94. The minimum Gasteiger partial charge on any atom is -0.323 e. The molecule has 0 aromatic carbocycles. The average Bonchev–Trinajstić information content (AvgIpc) is 2.21. The van der Waals surface area contributed by atoms with Crippen LogP contribution in [0.25, 0.3) is 0 Å². The molecule has 0 aliphatic heterocycles. The van der Waals surface area contributed by atoms with Gasteiger partial charge in [0.2, 0.25) is 0 Å². The van der Waals surface area contributed by atoms with Crippen LogP contribution < -0.4 is 5.32 Å². The van der Waals surface area contributed by atoms with Crippen molar-refractivity contribution in [3.05, 3.63) is 25.3 Å². The quantitative estimate of drug-likeness (QED) is 0.670. The van der Waals surface area contributed by atoms with Crippen molar-refractivity contribution in [3.63, 3.8) is 0 Å². The van der Waals surface area contributed by atoms with E-state index in [0.717, 1.165) is 5.92 Å². The molecule has 1 heteroatoms. The fourth-order valence-corrected chi connectivity index (χ4v) is 0.856. The zero-order chi connectivity index (χ0) is 12.0. The van der Waals surface area contributed by atoms with Crippen molar-refractivity contribution in [2.75, 3.05) is 14.1 Å². The van der Waals surface area contributed by atoms with E-state index >= 15 is 0 Å². The topological polar surface area (TPSA) is 12.0 Å². The molecule has 1 nitrogen and oxygen atoms in total. The van der Waals surface area contributed by atoms with Crippen LogP contribution in [0.3, 0.4) is 0 Å². The lowest BCUT2D eigenvalue weighted by Gasteiger charge is -2.09. The van der Waals surface area contributed by atoms with Gasteiger partial charge in [-0.25, -0.2) is 0 Å². The van der Waals surface area contributed by atoms with Gasteiger partial charge in [-0.1, -0.05) is 39.3 Å². The summed E-state index contributed by atoms with van der Waals surface area (Å²) in [6.45, 7) is 16.7. The molecule has 1 atom stereocenters. The van der Waals surface area contributed by atoms with Crippen molar-refractivity contribution in [1.82, 2.24) is 5.32 Å². The van der Waals surface area contributed by atoms with Gasteiger partial charge in [-0.3, -0.25) is 0 Å². The summed E-state index contributed by atoms with van der Waals surface area (Å²) in [7, 11) is 3.75. The van der Waals surface area contributed by atoms with Crippen LogP contribution in [0.4, 0.5) is 0 Å². The first-order chi connectivity index (χ1) is 6.63. The van der Waals surface area contributed by atoms with E-state index in [1.807, 2.05) is 14.1 Å². The molecular formula is C13H31N. The molecule has 14 heavy (non-hydrogen) atoms. The standard InChI is InChI=1S/C9H18.C2H7N.C2H4.H2/c1-5-7-9(4)8(3)6-2;1-3-2;1-2;/h8H,4-7H2,1-3H3;3H,1-2H3;1-2H2;1H. The molecule has 1 N–H and O–H groups in total. The summed E-state index contributed by atoms with van der Waals surface area (Å²) in [6, 6.07) is 0. The van der Waals surface area contributed by atoms with E-state index in [9.17, 15) is 0 Å². The van der Waals surface area contributed by atoms with Crippen molar-refractivity contribution in [2.24, 2.45) is 5.92 Å². The van der Waals surface area contributed by atoms with E-state index in [1.54, 1.807) is 0 Å². The van der Waals surface area contributed by atoms with Crippen molar-refractivity contribution in [1.29, 1.82) is 0 Å². The number of hydrogen-bond donors (Lipinski definition) is 1. The van der Waals surface area contributed by atoms with Gasteiger partial charge in [-0.2, -0.15) is 0 Å². The molecule has 88 valence electrons. The largest absolute Gasteiger partial charge is 0.323 e. The van der Waals surface area contributed by atoms with Gasteiger partial charge in [-0.05, 0) is 32.9 Å². The lowest BCUT2D eigenvalue weighted by atomic mass is 9.97. The lowest BCUT2D eigenvalue weighted by molar-refractivity contribution is 0.621. The van der Waals surface area contributed by atoms with Crippen molar-refractivity contribution >= 4 is 0 Å². The molecule has 0 aromatic heterocycles. The third-order valence-corrected chi connectivity index (χ3v) is 1.88. The molecule has 0 heterocycles. The number of allylic oxidation sites excluding steroid dienone is 1. The molecule has 0 aliphatic rings. The van der Waals surface area contributed by atoms with E-state index in [2.05, 4.69) is 45.8 Å². The third kappa shape index (κ3) is 17.5. The van der Waals surface area contributed by atoms with Crippen molar-refractivity contribution < 1.29 is 1.43 Å². The summed E-state index contributed by atoms with van der Waals surface area (Å²) in [6.07, 6.45) is 3.68. The highest BCUT2D eigenvalue weighted by atomic mass is 14.7. The van der Waals surface area contributed by atoms with Crippen LogP contribution in [0.2, 0.25) is 0 Å². The summed E-state index contributed by atoms with van der Waals surface area (Å²) in [5.74, 6) is 0.727. The van der Waals surface area contributed by atoms with E-state index in [0.29, 0.717) is 0 Å². The van der Waals surface area contributed by atoms with Gasteiger partial charge in [0.25, 0.3) is 0 Å². The van der Waals surface area contributed by atoms with Crippen LogP contribution in [-0.2, 0) is 0 Å². The van der Waals surface area contributed by atoms with Crippen LogP contribution in [-0.4, -0.2) is 14.1 Å². The van der Waals surface area contributed by atoms with Gasteiger partial charge < -0.3 is 5.32 Å². The Labute approximate surface area is 92.8 Å². The molecule has 1 unspecified atom stereocenters. The molecule has 0 amide bonds. The van der Waals surface area contributed by atoms with Gasteiger partial charge in [0.05, 0.1) is 0 Å². The van der Waals surface area contributed by atoms with Gasteiger partial charge in [-0.15, -0.1) is 13.2 Å². The van der Waals surface area contributed by atoms with Crippen LogP contribution in [0.15, 0.2) is 25.3 Å². The summed E-state index contributed by atoms with van der Waals surface area (Å²) >= 11 is 0. The minimum absolute atomic E-state index is 0. The number of rotatable bonds is 4. The SMILES string of the molecule is C=C.C=C(CCC)C(C)CC.CNC.[HH]. The van der Waals surface area contributed by atoms with Crippen LogP contribution >= 0.6 is 0 Å². The Balaban J connectivity index is -0.0000000867. The fourth-order valence-electron chi connectivity index (χ4n) is 0.856. The predicted octanol–water partition coefficient (Wildman–Crippen LogP) is 4.27. The maximum Gasteiger partial charge on any atom is 0 e. The van der Waals surface area contributed by atoms with Gasteiger partial charge >= 0.3 is 0 Å². The highest BCUT2D eigenvalue weighted by molar-refractivity contribution is 4.97. The molecule has 0 fully saturated rings. The average molecular weight is 201 g/mol. The molecule has 0 aliphatic carbocycles. The van der Waals surface area contributed by atoms with E-state index in [1.165, 1.54) is 24.8 Å². The Morgan fingerprint density at radius 1 is 1.29 bits per heavy atom. The second-order valence-electron chi connectivity index (χ2n) is 3.22. The van der Waals surface area contributed by atoms with Crippen LogP contribution in [0.5, 0.6) is 0 Å². The zero-order valence-corrected chi connectivity index (χ0v) is 10.8. The van der Waals surface area contributed by atoms with E-state index < -0.39 is 0 Å². The Kier molecular flexibility index (Phi) is 24.9. The smallest absolute Gasteiger partial charge is 0 e. The van der Waals surface area contributed by atoms with E-state index in [4.69, 9.17) is 0 Å². The molecule has 0 aromatic rings. The number of hydrogen-bond acceptors (Lipinski definition) is 1. The first kappa shape index (κ1) is 19.1. The monoisotopic (exact) mass is 201 g/mol. The first-order valence-corrected chi connectivity index (χ1v) is 5.40. The van der Waals surface area contributed by atoms with Gasteiger partial charge in [0.1, 0.15) is 0 Å². The second kappa shape index (κ2) is 18.3. The summed E-state index contributed by atoms with van der Waals surface area (Å²) < 4.78 is 0. The van der Waals surface area contributed by atoms with Crippen molar-refractivity contribution in [3.8, 4) is 0 Å². The summed E-state index contributed by atoms with van der Waals surface area (Å²) in [5, 5.41) is 2.75. The maximum atomic E-state index is 4.02. The Bertz CT molecular complexity index is 113.